The highest BCUT2D eigenvalue weighted by Crippen LogP contribution is 2.23. The molecule has 0 saturated heterocycles. The van der Waals surface area contributed by atoms with E-state index in [1.54, 1.807) is 11.6 Å². The van der Waals surface area contributed by atoms with Crippen LogP contribution in [-0.4, -0.2) is 19.1 Å². The van der Waals surface area contributed by atoms with Gasteiger partial charge in [-0.25, -0.2) is 14.3 Å². The highest BCUT2D eigenvalue weighted by atomic mass is 16.2. The first-order valence-electron chi connectivity index (χ1n) is 8.83. The Bertz CT molecular complexity index is 1260. The summed E-state index contributed by atoms with van der Waals surface area (Å²) in [7, 11) is 1.80. The number of aryl methyl sites for hydroxylation is 3. The Morgan fingerprint density at radius 1 is 0.963 bits per heavy atom. The van der Waals surface area contributed by atoms with E-state index in [2.05, 4.69) is 9.97 Å². The van der Waals surface area contributed by atoms with Crippen molar-refractivity contribution in [3.05, 3.63) is 80.0 Å². The highest BCUT2D eigenvalue weighted by Gasteiger charge is 2.23. The first kappa shape index (κ1) is 17.1. The number of benzene rings is 2. The molecular formula is C21H20N4O2. The molecule has 2 aliphatic rings. The zero-order chi connectivity index (χ0) is 19.3. The Morgan fingerprint density at radius 2 is 1.63 bits per heavy atom. The maximum Gasteiger partial charge on any atom is 0.353 e. The second-order valence-electron chi connectivity index (χ2n) is 6.92. The second-order valence-corrected chi connectivity index (χ2v) is 6.92. The van der Waals surface area contributed by atoms with Gasteiger partial charge in [-0.2, -0.15) is 4.98 Å². The Kier molecular flexibility index (Phi) is 3.91. The topological polar surface area (TPSA) is 69.8 Å². The van der Waals surface area contributed by atoms with Crippen LogP contribution >= 0.6 is 0 Å². The molecule has 0 bridgehead atoms. The van der Waals surface area contributed by atoms with Crippen LogP contribution in [0.5, 0.6) is 0 Å². The lowest BCUT2D eigenvalue weighted by Gasteiger charge is -2.18. The fourth-order valence-corrected chi connectivity index (χ4v) is 3.43. The van der Waals surface area contributed by atoms with Crippen LogP contribution in [0.1, 0.15) is 29.7 Å². The van der Waals surface area contributed by atoms with Crippen LogP contribution in [0, 0.1) is 13.8 Å². The van der Waals surface area contributed by atoms with Gasteiger partial charge in [0.15, 0.2) is 11.5 Å². The number of hydrogen-bond donors (Lipinski definition) is 0. The Labute approximate surface area is 156 Å². The lowest BCUT2D eigenvalue weighted by Crippen LogP contribution is -2.40. The molecule has 6 nitrogen and oxygen atoms in total. The average Bonchev–Trinajstić information content (AvgIpc) is 2.65. The predicted molar refractivity (Wildman–Crippen MR) is 105 cm³/mol. The maximum absolute atomic E-state index is 13.2. The van der Waals surface area contributed by atoms with Gasteiger partial charge in [-0.15, -0.1) is 0 Å². The van der Waals surface area contributed by atoms with Gasteiger partial charge in [0.2, 0.25) is 0 Å². The van der Waals surface area contributed by atoms with Crippen molar-refractivity contribution in [3.63, 3.8) is 0 Å². The van der Waals surface area contributed by atoms with Crippen molar-refractivity contribution in [2.45, 2.75) is 26.8 Å². The summed E-state index contributed by atoms with van der Waals surface area (Å²) in [5.74, 6) is 0.303. The van der Waals surface area contributed by atoms with Crippen LogP contribution in [0.3, 0.4) is 0 Å². The number of rotatable bonds is 2. The summed E-state index contributed by atoms with van der Waals surface area (Å²) in [6.45, 7) is 5.85. The summed E-state index contributed by atoms with van der Waals surface area (Å²) >= 11 is 0. The number of fused-ring (bicyclic) bond motifs is 2. The van der Waals surface area contributed by atoms with Crippen molar-refractivity contribution in [1.29, 1.82) is 0 Å². The Morgan fingerprint density at radius 3 is 2.33 bits per heavy atom. The van der Waals surface area contributed by atoms with Crippen molar-refractivity contribution < 1.29 is 0 Å². The highest BCUT2D eigenvalue weighted by molar-refractivity contribution is 5.80. The molecule has 27 heavy (non-hydrogen) atoms. The molecule has 0 aliphatic carbocycles. The van der Waals surface area contributed by atoms with Gasteiger partial charge < -0.3 is 4.57 Å². The van der Waals surface area contributed by atoms with Crippen LogP contribution < -0.4 is 11.2 Å². The summed E-state index contributed by atoms with van der Waals surface area (Å²) in [6, 6.07) is 13.0. The van der Waals surface area contributed by atoms with Crippen LogP contribution in [0.15, 0.2) is 52.1 Å². The molecule has 136 valence electrons. The molecular weight excluding hydrogens is 340 g/mol. The average molecular weight is 360 g/mol. The lowest BCUT2D eigenvalue weighted by atomic mass is 10.1. The number of nitrogens with zero attached hydrogens (tertiary/aromatic N) is 4. The second kappa shape index (κ2) is 6.16. The molecule has 6 heteroatoms. The third-order valence-corrected chi connectivity index (χ3v) is 5.21. The molecule has 0 aromatic heterocycles. The minimum absolute atomic E-state index is 0.204. The molecule has 4 rings (SSSR count). The quantitative estimate of drug-likeness (QED) is 0.516. The molecule has 2 aromatic carbocycles. The fourth-order valence-electron chi connectivity index (χ4n) is 3.43. The monoisotopic (exact) mass is 360 g/mol. The molecule has 1 atom stereocenters. The summed E-state index contributed by atoms with van der Waals surface area (Å²) < 4.78 is 2.95. The van der Waals surface area contributed by atoms with E-state index in [4.69, 9.17) is 0 Å². The summed E-state index contributed by atoms with van der Waals surface area (Å²) in [6.07, 6.45) is 0. The van der Waals surface area contributed by atoms with Crippen LogP contribution in [0.4, 0.5) is 0 Å². The van der Waals surface area contributed by atoms with Crippen LogP contribution in [-0.2, 0) is 7.05 Å². The molecule has 2 heterocycles. The normalized spacial score (nSPS) is 12.6. The summed E-state index contributed by atoms with van der Waals surface area (Å²) in [4.78, 5) is 34.6. The molecule has 0 fully saturated rings. The van der Waals surface area contributed by atoms with Gasteiger partial charge in [-0.1, -0.05) is 30.3 Å². The van der Waals surface area contributed by atoms with Crippen molar-refractivity contribution in [3.8, 4) is 11.5 Å². The van der Waals surface area contributed by atoms with Gasteiger partial charge in [0.1, 0.15) is 0 Å². The van der Waals surface area contributed by atoms with E-state index in [1.807, 2.05) is 63.2 Å². The molecule has 1 unspecified atom stereocenters. The van der Waals surface area contributed by atoms with Crippen LogP contribution in [0.25, 0.3) is 22.6 Å². The smallest absolute Gasteiger partial charge is 0.325 e. The summed E-state index contributed by atoms with van der Waals surface area (Å²) in [5, 5.41) is 0. The van der Waals surface area contributed by atoms with Crippen LogP contribution in [0.2, 0.25) is 0 Å². The lowest BCUT2D eigenvalue weighted by molar-refractivity contribution is 0.573. The molecule has 0 N–H and O–H groups in total. The number of hydrogen-bond acceptors (Lipinski definition) is 4. The van der Waals surface area contributed by atoms with E-state index < -0.39 is 17.3 Å². The largest absolute Gasteiger partial charge is 0.353 e. The maximum atomic E-state index is 13.2. The predicted octanol–water partition coefficient (Wildman–Crippen LogP) is 2.82. The van der Waals surface area contributed by atoms with E-state index in [-0.39, 0.29) is 5.69 Å². The summed E-state index contributed by atoms with van der Waals surface area (Å²) in [5.41, 5.74) is 3.86. The molecule has 0 spiro atoms. The minimum atomic E-state index is -0.565. The van der Waals surface area contributed by atoms with Crippen molar-refractivity contribution in [1.82, 2.24) is 19.1 Å². The van der Waals surface area contributed by atoms with Gasteiger partial charge in [-0.05, 0) is 49.6 Å². The van der Waals surface area contributed by atoms with Gasteiger partial charge in [0, 0.05) is 7.05 Å². The zero-order valence-corrected chi connectivity index (χ0v) is 15.7. The molecule has 2 aliphatic heterocycles. The van der Waals surface area contributed by atoms with Gasteiger partial charge in [0.25, 0.3) is 5.56 Å². The van der Waals surface area contributed by atoms with Crippen molar-refractivity contribution in [2.24, 2.45) is 7.05 Å². The first-order valence-corrected chi connectivity index (χ1v) is 8.83. The fraction of sp³-hybridized carbons (Fsp3) is 0.238. The Balaban J connectivity index is 2.06. The standard InChI is InChI=1S/C21H20N4O2/c1-12-10-16-17(11-13(12)2)24(4)19-18(22-16)20(26)25(21(27)23-19)14(3)15-8-6-5-7-9-15/h5-11,14H,1-4H3. The zero-order valence-electron chi connectivity index (χ0n) is 15.7. The van der Waals surface area contributed by atoms with Crippen molar-refractivity contribution >= 4 is 11.0 Å². The third kappa shape index (κ3) is 2.65. The first-order chi connectivity index (χ1) is 12.9. The minimum Gasteiger partial charge on any atom is -0.325 e. The molecule has 0 amide bonds. The van der Waals surface area contributed by atoms with E-state index in [1.165, 1.54) is 4.57 Å². The van der Waals surface area contributed by atoms with E-state index >= 15 is 0 Å². The molecule has 2 aromatic rings. The Hall–Kier alpha value is -3.28. The van der Waals surface area contributed by atoms with E-state index in [0.29, 0.717) is 11.3 Å². The molecule has 0 saturated carbocycles. The van der Waals surface area contributed by atoms with Gasteiger partial charge in [-0.3, -0.25) is 4.79 Å². The van der Waals surface area contributed by atoms with Gasteiger partial charge in [0.05, 0.1) is 17.1 Å². The van der Waals surface area contributed by atoms with E-state index in [9.17, 15) is 9.59 Å². The molecule has 0 radical (unpaired) electrons. The van der Waals surface area contributed by atoms with E-state index in [0.717, 1.165) is 22.2 Å². The third-order valence-electron chi connectivity index (χ3n) is 5.21. The van der Waals surface area contributed by atoms with Gasteiger partial charge >= 0.3 is 5.69 Å². The SMILES string of the molecule is Cc1cc2nc3c(=O)n(C(C)c4ccccc4)c(=O)nc-3n(C)c2cc1C. The van der Waals surface area contributed by atoms with Crippen molar-refractivity contribution in [2.75, 3.05) is 0 Å². The number of aromatic nitrogens is 4.